The van der Waals surface area contributed by atoms with Crippen molar-refractivity contribution in [3.8, 4) is 5.75 Å². The van der Waals surface area contributed by atoms with Crippen molar-refractivity contribution in [2.45, 2.75) is 85.8 Å². The predicted octanol–water partition coefficient (Wildman–Crippen LogP) is 5.70. The summed E-state index contributed by atoms with van der Waals surface area (Å²) < 4.78 is 99.7. The van der Waals surface area contributed by atoms with Gasteiger partial charge in [0.05, 0.1) is 11.0 Å². The monoisotopic (exact) mass is 747 g/mol. The molecular weight excluding hydrogens is 717 g/mol. The van der Waals surface area contributed by atoms with Gasteiger partial charge in [-0.25, -0.2) is 13.2 Å². The van der Waals surface area contributed by atoms with E-state index in [2.05, 4.69) is 20.7 Å². The molecule has 3 aliphatic rings. The van der Waals surface area contributed by atoms with Gasteiger partial charge in [-0.15, -0.1) is 0 Å². The van der Waals surface area contributed by atoms with Crippen LogP contribution in [0.15, 0.2) is 70.0 Å². The molecule has 2 heterocycles. The zero-order valence-electron chi connectivity index (χ0n) is 24.6. The number of hydrogen-bond acceptors (Lipinski definition) is 6. The minimum Gasteiger partial charge on any atom is -0.490 e. The number of piperidine rings is 1. The third kappa shape index (κ3) is 8.04. The summed E-state index contributed by atoms with van der Waals surface area (Å²) in [6, 6.07) is 11.9. The molecule has 254 valence electrons. The minimum atomic E-state index is -5.08. The van der Waals surface area contributed by atoms with Crippen LogP contribution in [-0.4, -0.2) is 66.7 Å². The lowest BCUT2D eigenvalue weighted by Crippen LogP contribution is -2.60. The standard InChI is InChI=1S/C29H30BrF2N3O4S.C2HF3O2/c30-20-5-3-19(4-6-20)29(31,32)27(28(36)35-22-7-8-23(35)16-21(33)15-22)34-40(37,38)26-12-2-17-13-25(39-24-10-11-24)9-1-18(17)14-26;3-2(4,5)1(6)7/h1-6,9,12-14,21-24,27,34H,7-8,10-11,15-16,33H2;(H,6,7)/t21?,22?,23?,27-;/m1./s1. The number of nitrogens with one attached hydrogen (secondary N) is 1. The van der Waals surface area contributed by atoms with E-state index in [1.807, 2.05) is 6.07 Å². The molecular formula is C31H31BrF5N3O6S. The Hall–Kier alpha value is -3.34. The molecule has 1 saturated carbocycles. The molecule has 3 atom stereocenters. The second kappa shape index (κ2) is 13.3. The molecule has 4 N–H and O–H groups in total. The van der Waals surface area contributed by atoms with Crippen LogP contribution in [0.1, 0.15) is 44.1 Å². The Morgan fingerprint density at radius 1 is 0.915 bits per heavy atom. The van der Waals surface area contributed by atoms with Crippen LogP contribution < -0.4 is 15.2 Å². The number of carboxylic acids is 1. The number of benzene rings is 3. The number of nitrogens with two attached hydrogens (primary N) is 1. The summed E-state index contributed by atoms with van der Waals surface area (Å²) in [5, 5.41) is 8.49. The van der Waals surface area contributed by atoms with Crippen LogP contribution in [0.3, 0.4) is 0 Å². The number of carbonyl (C=O) groups is 2. The molecule has 2 aliphatic heterocycles. The van der Waals surface area contributed by atoms with E-state index in [0.717, 1.165) is 18.2 Å². The number of halogens is 6. The third-order valence-corrected chi connectivity index (χ3v) is 10.2. The number of alkyl halides is 5. The Labute approximate surface area is 275 Å². The van der Waals surface area contributed by atoms with E-state index in [4.69, 9.17) is 20.4 Å². The maximum absolute atomic E-state index is 16.1. The molecule has 3 aromatic carbocycles. The fraction of sp³-hybridized carbons (Fsp3) is 0.419. The van der Waals surface area contributed by atoms with Crippen LogP contribution in [0.4, 0.5) is 22.0 Å². The van der Waals surface area contributed by atoms with E-state index < -0.39 is 45.6 Å². The highest BCUT2D eigenvalue weighted by molar-refractivity contribution is 9.10. The SMILES string of the molecule is NC1CC2CCC(C1)N2C(=O)[C@@H](NS(=O)(=O)c1ccc2cc(OC3CC3)ccc2c1)C(F)(F)c1ccc(Br)cc1.O=C(O)C(F)(F)F. The van der Waals surface area contributed by atoms with Gasteiger partial charge in [0.1, 0.15) is 5.75 Å². The summed E-state index contributed by atoms with van der Waals surface area (Å²) in [7, 11) is -4.52. The van der Waals surface area contributed by atoms with Gasteiger partial charge in [-0.1, -0.05) is 40.2 Å². The first-order valence-corrected chi connectivity index (χ1v) is 17.0. The number of carbonyl (C=O) groups excluding carboxylic acids is 1. The van der Waals surface area contributed by atoms with Gasteiger partial charge in [-0.05, 0) is 85.7 Å². The summed E-state index contributed by atoms with van der Waals surface area (Å²) in [5.41, 5.74) is 5.68. The Balaban J connectivity index is 0.000000559. The lowest BCUT2D eigenvalue weighted by atomic mass is 9.95. The van der Waals surface area contributed by atoms with Crippen molar-refractivity contribution in [2.75, 3.05) is 0 Å². The molecule has 1 aliphatic carbocycles. The number of aliphatic carboxylic acids is 1. The largest absolute Gasteiger partial charge is 0.490 e. The number of fused-ring (bicyclic) bond motifs is 3. The van der Waals surface area contributed by atoms with Gasteiger partial charge >= 0.3 is 12.1 Å². The van der Waals surface area contributed by atoms with Crippen LogP contribution in [-0.2, 0) is 25.5 Å². The molecule has 3 aromatic rings. The van der Waals surface area contributed by atoms with E-state index in [1.165, 1.54) is 41.3 Å². The van der Waals surface area contributed by atoms with Crippen molar-refractivity contribution in [2.24, 2.45) is 5.73 Å². The quantitative estimate of drug-likeness (QED) is 0.252. The van der Waals surface area contributed by atoms with Crippen molar-refractivity contribution in [3.63, 3.8) is 0 Å². The van der Waals surface area contributed by atoms with Gasteiger partial charge in [0.25, 0.3) is 5.92 Å². The molecule has 1 amide bonds. The molecule has 0 spiro atoms. The lowest BCUT2D eigenvalue weighted by molar-refractivity contribution is -0.192. The van der Waals surface area contributed by atoms with Crippen molar-refractivity contribution < 1.29 is 49.8 Å². The zero-order chi connectivity index (χ0) is 34.3. The summed E-state index contributed by atoms with van der Waals surface area (Å²) in [6.45, 7) is 0. The van der Waals surface area contributed by atoms with E-state index >= 15 is 8.78 Å². The Morgan fingerprint density at radius 2 is 1.47 bits per heavy atom. The highest BCUT2D eigenvalue weighted by Gasteiger charge is 2.53. The number of sulfonamides is 1. The van der Waals surface area contributed by atoms with Crippen LogP contribution in [0.2, 0.25) is 0 Å². The fourth-order valence-electron chi connectivity index (χ4n) is 5.89. The number of rotatable bonds is 8. The fourth-order valence-corrected chi connectivity index (χ4v) is 7.38. The highest BCUT2D eigenvalue weighted by atomic mass is 79.9. The smallest absolute Gasteiger partial charge is 0.490 e. The van der Waals surface area contributed by atoms with Crippen LogP contribution >= 0.6 is 15.9 Å². The van der Waals surface area contributed by atoms with E-state index in [1.54, 1.807) is 18.2 Å². The average molecular weight is 749 g/mol. The van der Waals surface area contributed by atoms with E-state index in [9.17, 15) is 26.4 Å². The number of amides is 1. The minimum absolute atomic E-state index is 0.114. The molecule has 3 fully saturated rings. The normalized spacial score (nSPS) is 21.9. The number of hydrogen-bond donors (Lipinski definition) is 3. The average Bonchev–Trinajstić information content (AvgIpc) is 3.77. The number of ether oxygens (including phenoxy) is 1. The summed E-state index contributed by atoms with van der Waals surface area (Å²) in [4.78, 5) is 24.0. The van der Waals surface area contributed by atoms with Gasteiger partial charge in [0.2, 0.25) is 15.9 Å². The summed E-state index contributed by atoms with van der Waals surface area (Å²) >= 11 is 3.24. The van der Waals surface area contributed by atoms with Crippen LogP contribution in [0.25, 0.3) is 10.8 Å². The molecule has 6 rings (SSSR count). The van der Waals surface area contributed by atoms with Gasteiger partial charge in [0, 0.05) is 28.2 Å². The van der Waals surface area contributed by atoms with Crippen molar-refractivity contribution in [1.82, 2.24) is 9.62 Å². The van der Waals surface area contributed by atoms with Crippen molar-refractivity contribution >= 4 is 48.6 Å². The maximum Gasteiger partial charge on any atom is 0.490 e. The second-order valence-electron chi connectivity index (χ2n) is 11.8. The third-order valence-electron chi connectivity index (χ3n) is 8.30. The number of nitrogens with zero attached hydrogens (tertiary/aromatic N) is 1. The molecule has 2 unspecified atom stereocenters. The second-order valence-corrected chi connectivity index (χ2v) is 14.5. The highest BCUT2D eigenvalue weighted by Crippen LogP contribution is 2.40. The summed E-state index contributed by atoms with van der Waals surface area (Å²) in [6.07, 6.45) is -0.524. The van der Waals surface area contributed by atoms with Gasteiger partial charge in [0.15, 0.2) is 6.04 Å². The van der Waals surface area contributed by atoms with E-state index in [0.29, 0.717) is 41.3 Å². The lowest BCUT2D eigenvalue weighted by Gasteiger charge is -2.41. The Kier molecular flexibility index (Phi) is 9.89. The first-order chi connectivity index (χ1) is 22.0. The molecule has 0 radical (unpaired) electrons. The van der Waals surface area contributed by atoms with Crippen molar-refractivity contribution in [3.05, 3.63) is 70.7 Å². The first kappa shape index (κ1) is 35.0. The summed E-state index contributed by atoms with van der Waals surface area (Å²) in [5.74, 6) is -6.82. The first-order valence-electron chi connectivity index (χ1n) is 14.7. The van der Waals surface area contributed by atoms with Gasteiger partial charge < -0.3 is 20.5 Å². The molecule has 16 heteroatoms. The zero-order valence-corrected chi connectivity index (χ0v) is 27.0. The molecule has 2 saturated heterocycles. The predicted molar refractivity (Wildman–Crippen MR) is 164 cm³/mol. The van der Waals surface area contributed by atoms with Crippen LogP contribution in [0.5, 0.6) is 5.75 Å². The molecule has 47 heavy (non-hydrogen) atoms. The van der Waals surface area contributed by atoms with Crippen molar-refractivity contribution in [1.29, 1.82) is 0 Å². The van der Waals surface area contributed by atoms with E-state index in [-0.39, 0.29) is 29.1 Å². The van der Waals surface area contributed by atoms with Crippen LogP contribution in [0, 0.1) is 0 Å². The maximum atomic E-state index is 16.1. The Morgan fingerprint density at radius 3 is 2.02 bits per heavy atom. The number of carboxylic acid groups (broad SMARTS) is 1. The Bertz CT molecular complexity index is 1740. The molecule has 0 aromatic heterocycles. The van der Waals surface area contributed by atoms with Gasteiger partial charge in [-0.3, -0.25) is 4.79 Å². The molecule has 2 bridgehead atoms. The van der Waals surface area contributed by atoms with Gasteiger partial charge in [-0.2, -0.15) is 26.7 Å². The molecule has 9 nitrogen and oxygen atoms in total. The topological polar surface area (TPSA) is 139 Å².